The molecule has 0 aromatic rings. The van der Waals surface area contributed by atoms with Crippen LogP contribution in [0, 0.1) is 0 Å². The minimum atomic E-state index is -0.534. The fourth-order valence-corrected chi connectivity index (χ4v) is 1.81. The van der Waals surface area contributed by atoms with Crippen LogP contribution >= 0.6 is 0 Å². The first-order chi connectivity index (χ1) is 13.5. The number of amides is 2. The van der Waals surface area contributed by atoms with Crippen LogP contribution in [0.1, 0.15) is 52.4 Å². The number of ether oxygens (including phenoxy) is 2. The lowest BCUT2D eigenvalue weighted by molar-refractivity contribution is -0.138. The predicted octanol–water partition coefficient (Wildman–Crippen LogP) is 1.80. The molecule has 0 saturated carbocycles. The van der Waals surface area contributed by atoms with E-state index in [9.17, 15) is 19.2 Å². The van der Waals surface area contributed by atoms with Crippen LogP contribution in [0.2, 0.25) is 0 Å². The van der Waals surface area contributed by atoms with Gasteiger partial charge >= 0.3 is 11.9 Å². The summed E-state index contributed by atoms with van der Waals surface area (Å²) in [6.45, 7) is 5.52. The van der Waals surface area contributed by atoms with Gasteiger partial charge in [0.2, 0.25) is 11.8 Å². The molecule has 8 heteroatoms. The summed E-state index contributed by atoms with van der Waals surface area (Å²) < 4.78 is 9.78. The summed E-state index contributed by atoms with van der Waals surface area (Å²) in [6, 6.07) is 0. The van der Waals surface area contributed by atoms with E-state index in [0.717, 1.165) is 50.0 Å². The third-order valence-corrected chi connectivity index (χ3v) is 3.43. The minimum Gasteiger partial charge on any atom is -0.463 e. The molecule has 0 aliphatic rings. The first-order valence-electron chi connectivity index (χ1n) is 9.74. The van der Waals surface area contributed by atoms with E-state index < -0.39 is 11.9 Å². The van der Waals surface area contributed by atoms with Crippen LogP contribution in [0.3, 0.4) is 0 Å². The molecule has 0 aromatic carbocycles. The Bertz CT molecular complexity index is 495. The Hall–Kier alpha value is -2.64. The third kappa shape index (κ3) is 16.8. The van der Waals surface area contributed by atoms with Gasteiger partial charge in [-0.25, -0.2) is 9.59 Å². The first-order valence-corrected chi connectivity index (χ1v) is 9.74. The van der Waals surface area contributed by atoms with Crippen LogP contribution in [0.15, 0.2) is 24.3 Å². The van der Waals surface area contributed by atoms with Crippen molar-refractivity contribution in [2.45, 2.75) is 52.4 Å². The molecule has 0 saturated heterocycles. The first kappa shape index (κ1) is 25.4. The van der Waals surface area contributed by atoms with Gasteiger partial charge in [0.1, 0.15) is 0 Å². The Morgan fingerprint density at radius 3 is 1.39 bits per heavy atom. The predicted molar refractivity (Wildman–Crippen MR) is 105 cm³/mol. The lowest BCUT2D eigenvalue weighted by Gasteiger charge is -2.04. The van der Waals surface area contributed by atoms with Crippen LogP contribution in [-0.4, -0.2) is 50.1 Å². The van der Waals surface area contributed by atoms with E-state index in [2.05, 4.69) is 10.6 Å². The lowest BCUT2D eigenvalue weighted by Crippen LogP contribution is -2.25. The number of unbranched alkanes of at least 4 members (excludes halogenated alkanes) is 3. The zero-order valence-corrected chi connectivity index (χ0v) is 16.8. The number of hydrogen-bond donors (Lipinski definition) is 2. The fraction of sp³-hybridized carbons (Fsp3) is 0.600. The van der Waals surface area contributed by atoms with Crippen molar-refractivity contribution < 1.29 is 28.7 Å². The van der Waals surface area contributed by atoms with Crippen molar-refractivity contribution in [2.24, 2.45) is 0 Å². The summed E-state index contributed by atoms with van der Waals surface area (Å²) in [7, 11) is 0. The number of carbonyl (C=O) groups excluding carboxylic acids is 4. The highest BCUT2D eigenvalue weighted by Gasteiger charge is 2.01. The van der Waals surface area contributed by atoms with Crippen molar-refractivity contribution in [3.8, 4) is 0 Å². The second-order valence-electron chi connectivity index (χ2n) is 6.00. The van der Waals surface area contributed by atoms with E-state index in [4.69, 9.17) is 9.47 Å². The molecule has 0 rings (SSSR count). The highest BCUT2D eigenvalue weighted by atomic mass is 16.5. The number of nitrogens with one attached hydrogen (secondary N) is 2. The maximum Gasteiger partial charge on any atom is 0.330 e. The van der Waals surface area contributed by atoms with Crippen LogP contribution in [0.25, 0.3) is 0 Å². The van der Waals surface area contributed by atoms with Crippen molar-refractivity contribution in [1.29, 1.82) is 0 Å². The molecule has 0 unspecified atom stereocenters. The summed E-state index contributed by atoms with van der Waals surface area (Å²) in [6.07, 6.45) is 9.24. The molecular formula is C20H32N2O6. The van der Waals surface area contributed by atoms with Gasteiger partial charge < -0.3 is 20.1 Å². The number of carbonyl (C=O) groups is 4. The third-order valence-electron chi connectivity index (χ3n) is 3.43. The summed E-state index contributed by atoms with van der Waals surface area (Å²) >= 11 is 0. The second-order valence-corrected chi connectivity index (χ2v) is 6.00. The topological polar surface area (TPSA) is 111 Å². The fourth-order valence-electron chi connectivity index (χ4n) is 1.81. The Morgan fingerprint density at radius 2 is 1.04 bits per heavy atom. The molecule has 2 amide bonds. The molecular weight excluding hydrogens is 364 g/mol. The van der Waals surface area contributed by atoms with E-state index >= 15 is 0 Å². The van der Waals surface area contributed by atoms with Gasteiger partial charge in [-0.3, -0.25) is 9.59 Å². The lowest BCUT2D eigenvalue weighted by atomic mass is 10.3. The molecule has 0 fully saturated rings. The molecule has 0 radical (unpaired) electrons. The van der Waals surface area contributed by atoms with Gasteiger partial charge in [0.05, 0.1) is 13.2 Å². The molecule has 0 spiro atoms. The molecule has 0 heterocycles. The maximum absolute atomic E-state index is 11.5. The van der Waals surface area contributed by atoms with Gasteiger partial charge in [0, 0.05) is 37.4 Å². The van der Waals surface area contributed by atoms with E-state index in [1.165, 1.54) is 0 Å². The summed E-state index contributed by atoms with van der Waals surface area (Å²) in [5.74, 6) is -1.82. The Morgan fingerprint density at radius 1 is 0.643 bits per heavy atom. The van der Waals surface area contributed by atoms with Crippen molar-refractivity contribution in [3.05, 3.63) is 24.3 Å². The number of hydrogen-bond acceptors (Lipinski definition) is 6. The molecule has 28 heavy (non-hydrogen) atoms. The number of rotatable bonds is 15. The van der Waals surface area contributed by atoms with Crippen molar-refractivity contribution in [3.63, 3.8) is 0 Å². The average Bonchev–Trinajstić information content (AvgIpc) is 2.67. The molecule has 0 aliphatic carbocycles. The minimum absolute atomic E-state index is 0.349. The second kappa shape index (κ2) is 17.8. The highest BCUT2D eigenvalue weighted by molar-refractivity contribution is 5.95. The monoisotopic (exact) mass is 396 g/mol. The molecule has 0 bridgehead atoms. The van der Waals surface area contributed by atoms with Crippen LogP contribution < -0.4 is 10.6 Å². The maximum atomic E-state index is 11.5. The quantitative estimate of drug-likeness (QED) is 0.248. The summed E-state index contributed by atoms with van der Waals surface area (Å²) in [5.41, 5.74) is 0. The van der Waals surface area contributed by atoms with Crippen LogP contribution in [0.4, 0.5) is 0 Å². The SMILES string of the molecule is CCCCOC(=O)/C=C/C(=O)NCCCCNC(=O)/C=C/C(=O)OCCCC. The smallest absolute Gasteiger partial charge is 0.330 e. The van der Waals surface area contributed by atoms with Crippen LogP contribution in [0.5, 0.6) is 0 Å². The largest absolute Gasteiger partial charge is 0.463 e. The van der Waals surface area contributed by atoms with Crippen molar-refractivity contribution in [2.75, 3.05) is 26.3 Å². The van der Waals surface area contributed by atoms with E-state index in [0.29, 0.717) is 39.1 Å². The molecule has 0 atom stereocenters. The van der Waals surface area contributed by atoms with Gasteiger partial charge in [-0.15, -0.1) is 0 Å². The van der Waals surface area contributed by atoms with E-state index in [-0.39, 0.29) is 11.8 Å². The van der Waals surface area contributed by atoms with Crippen LogP contribution in [-0.2, 0) is 28.7 Å². The van der Waals surface area contributed by atoms with Crippen molar-refractivity contribution >= 4 is 23.8 Å². The molecule has 0 aliphatic heterocycles. The Kier molecular flexibility index (Phi) is 16.1. The summed E-state index contributed by atoms with van der Waals surface area (Å²) in [5, 5.41) is 5.27. The molecule has 158 valence electrons. The van der Waals surface area contributed by atoms with Gasteiger partial charge in [-0.1, -0.05) is 26.7 Å². The normalized spacial score (nSPS) is 10.8. The standard InChI is InChI=1S/C20H32N2O6/c1-3-5-15-27-19(25)11-9-17(23)21-13-7-8-14-22-18(24)10-12-20(26)28-16-6-4-2/h9-12H,3-8,13-16H2,1-2H3,(H,21,23)(H,22,24)/b11-9+,12-10+. The average molecular weight is 396 g/mol. The Labute approximate surface area is 166 Å². The highest BCUT2D eigenvalue weighted by Crippen LogP contribution is 1.91. The van der Waals surface area contributed by atoms with Gasteiger partial charge in [-0.05, 0) is 25.7 Å². The Balaban J connectivity index is 3.71. The molecule has 2 N–H and O–H groups in total. The van der Waals surface area contributed by atoms with E-state index in [1.54, 1.807) is 0 Å². The van der Waals surface area contributed by atoms with Gasteiger partial charge in [-0.2, -0.15) is 0 Å². The van der Waals surface area contributed by atoms with Gasteiger partial charge in [0.25, 0.3) is 0 Å². The zero-order valence-electron chi connectivity index (χ0n) is 16.8. The van der Waals surface area contributed by atoms with Gasteiger partial charge in [0.15, 0.2) is 0 Å². The zero-order chi connectivity index (χ0) is 21.0. The summed E-state index contributed by atoms with van der Waals surface area (Å²) in [4.78, 5) is 45.7. The number of esters is 2. The van der Waals surface area contributed by atoms with Crippen molar-refractivity contribution in [1.82, 2.24) is 10.6 Å². The van der Waals surface area contributed by atoms with E-state index in [1.807, 2.05) is 13.8 Å². The molecule has 8 nitrogen and oxygen atoms in total. The molecule has 0 aromatic heterocycles.